The van der Waals surface area contributed by atoms with Gasteiger partial charge in [-0.2, -0.15) is 0 Å². The van der Waals surface area contributed by atoms with Gasteiger partial charge in [-0.1, -0.05) is 12.1 Å². The van der Waals surface area contributed by atoms with Gasteiger partial charge in [0.1, 0.15) is 16.6 Å². The zero-order valence-electron chi connectivity index (χ0n) is 15.7. The fourth-order valence-corrected chi connectivity index (χ4v) is 5.19. The van der Waals surface area contributed by atoms with Gasteiger partial charge in [0, 0.05) is 23.3 Å². The topological polar surface area (TPSA) is 73.1 Å². The van der Waals surface area contributed by atoms with Crippen LogP contribution >= 0.6 is 11.3 Å². The number of thiazole rings is 1. The van der Waals surface area contributed by atoms with Crippen molar-refractivity contribution in [1.82, 2.24) is 4.98 Å². The molecule has 4 nitrogen and oxygen atoms in total. The summed E-state index contributed by atoms with van der Waals surface area (Å²) in [4.78, 5) is 30.1. The van der Waals surface area contributed by atoms with Gasteiger partial charge < -0.3 is 5.73 Å². The van der Waals surface area contributed by atoms with E-state index < -0.39 is 23.6 Å². The molecule has 0 saturated carbocycles. The Morgan fingerprint density at radius 3 is 2.52 bits per heavy atom. The van der Waals surface area contributed by atoms with Gasteiger partial charge in [0.2, 0.25) is 5.91 Å². The van der Waals surface area contributed by atoms with Crippen molar-refractivity contribution in [2.75, 3.05) is 0 Å². The summed E-state index contributed by atoms with van der Waals surface area (Å²) in [6, 6.07) is 10.7. The van der Waals surface area contributed by atoms with Crippen molar-refractivity contribution in [3.63, 3.8) is 0 Å². The molecule has 1 aliphatic carbocycles. The maximum absolute atomic E-state index is 14.3. The minimum atomic E-state index is -1.06. The quantitative estimate of drug-likeness (QED) is 0.647. The minimum Gasteiger partial charge on any atom is -0.369 e. The van der Waals surface area contributed by atoms with Crippen LogP contribution in [0.5, 0.6) is 0 Å². The molecule has 0 aliphatic heterocycles. The average molecular weight is 412 g/mol. The molecule has 148 valence electrons. The van der Waals surface area contributed by atoms with Crippen LogP contribution in [-0.4, -0.2) is 16.7 Å². The van der Waals surface area contributed by atoms with Crippen molar-refractivity contribution in [3.05, 3.63) is 75.8 Å². The van der Waals surface area contributed by atoms with Crippen LogP contribution in [0.15, 0.2) is 42.5 Å². The number of rotatable bonds is 5. The smallest absolute Gasteiger partial charge is 0.224 e. The maximum atomic E-state index is 14.3. The zero-order valence-corrected chi connectivity index (χ0v) is 16.5. The van der Waals surface area contributed by atoms with Crippen LogP contribution in [0.25, 0.3) is 10.6 Å². The fourth-order valence-electron chi connectivity index (χ4n) is 3.99. The Hall–Kier alpha value is -2.93. The summed E-state index contributed by atoms with van der Waals surface area (Å²) in [5, 5.41) is 0.738. The Balaban J connectivity index is 1.76. The second-order valence-electron chi connectivity index (χ2n) is 7.31. The molecular weight excluding hydrogens is 394 g/mol. The second-order valence-corrected chi connectivity index (χ2v) is 8.39. The molecule has 1 atom stereocenters. The van der Waals surface area contributed by atoms with Crippen LogP contribution in [0.2, 0.25) is 0 Å². The Bertz CT molecular complexity index is 1100. The first-order chi connectivity index (χ1) is 13.8. The van der Waals surface area contributed by atoms with E-state index >= 15 is 0 Å². The molecule has 0 fully saturated rings. The third kappa shape index (κ3) is 3.35. The van der Waals surface area contributed by atoms with E-state index in [4.69, 9.17) is 5.73 Å². The lowest BCUT2D eigenvalue weighted by atomic mass is 9.72. The molecule has 0 saturated heterocycles. The number of aromatic nitrogens is 1. The van der Waals surface area contributed by atoms with E-state index in [-0.39, 0.29) is 18.0 Å². The number of Topliss-reactive ketones (excluding diaryl/α,β-unsaturated/α-hetero) is 1. The summed E-state index contributed by atoms with van der Waals surface area (Å²) in [5.74, 6) is -1.76. The zero-order chi connectivity index (χ0) is 20.8. The number of carbonyl (C=O) groups excluding carboxylic acids is 2. The number of amides is 1. The summed E-state index contributed by atoms with van der Waals surface area (Å²) in [6.07, 6.45) is 0.198. The first-order valence-electron chi connectivity index (χ1n) is 9.12. The Morgan fingerprint density at radius 1 is 1.14 bits per heavy atom. The predicted molar refractivity (Wildman–Crippen MR) is 107 cm³/mol. The molecule has 3 aromatic rings. The fraction of sp³-hybridized carbons (Fsp3) is 0.227. The molecule has 0 spiro atoms. The molecular formula is C22H18F2N2O2S. The number of nitrogens with two attached hydrogens (primary N) is 1. The van der Waals surface area contributed by atoms with Crippen molar-refractivity contribution in [2.24, 2.45) is 5.73 Å². The van der Waals surface area contributed by atoms with Crippen LogP contribution in [-0.2, 0) is 27.8 Å². The van der Waals surface area contributed by atoms with Crippen LogP contribution in [0, 0.1) is 18.6 Å². The molecule has 1 amide bonds. The largest absolute Gasteiger partial charge is 0.369 e. The summed E-state index contributed by atoms with van der Waals surface area (Å²) in [6.45, 7) is 1.63. The molecule has 1 aromatic heterocycles. The van der Waals surface area contributed by atoms with Gasteiger partial charge >= 0.3 is 0 Å². The number of nitrogens with zero attached hydrogens (tertiary/aromatic N) is 1. The van der Waals surface area contributed by atoms with Crippen LogP contribution < -0.4 is 5.73 Å². The SMILES string of the molecule is Cc1c(F)cccc1[C@]1(C(=O)CC(N)=O)Cc2nc(-c3ccc(F)cc3)sc2C1. The van der Waals surface area contributed by atoms with Crippen LogP contribution in [0.1, 0.15) is 28.1 Å². The second kappa shape index (κ2) is 7.15. The van der Waals surface area contributed by atoms with Crippen molar-refractivity contribution in [2.45, 2.75) is 31.6 Å². The summed E-state index contributed by atoms with van der Waals surface area (Å²) in [7, 11) is 0. The highest BCUT2D eigenvalue weighted by Gasteiger charge is 2.48. The number of benzene rings is 2. The molecule has 0 unspecified atom stereocenters. The monoisotopic (exact) mass is 412 g/mol. The van der Waals surface area contributed by atoms with E-state index in [1.54, 1.807) is 31.2 Å². The van der Waals surface area contributed by atoms with Crippen LogP contribution in [0.4, 0.5) is 8.78 Å². The lowest BCUT2D eigenvalue weighted by Crippen LogP contribution is -2.40. The van der Waals surface area contributed by atoms with Gasteiger partial charge in [0.25, 0.3) is 0 Å². The van der Waals surface area contributed by atoms with Crippen molar-refractivity contribution in [3.8, 4) is 10.6 Å². The Morgan fingerprint density at radius 2 is 1.86 bits per heavy atom. The van der Waals surface area contributed by atoms with Gasteiger partial charge in [-0.15, -0.1) is 11.3 Å². The highest BCUT2D eigenvalue weighted by atomic mass is 32.1. The van der Waals surface area contributed by atoms with Crippen molar-refractivity contribution >= 4 is 23.0 Å². The number of hydrogen-bond donors (Lipinski definition) is 1. The number of halogens is 2. The van der Waals surface area contributed by atoms with E-state index in [0.29, 0.717) is 17.5 Å². The van der Waals surface area contributed by atoms with E-state index in [0.717, 1.165) is 21.1 Å². The number of fused-ring (bicyclic) bond motifs is 1. The molecule has 1 heterocycles. The van der Waals surface area contributed by atoms with Gasteiger partial charge in [-0.3, -0.25) is 9.59 Å². The summed E-state index contributed by atoms with van der Waals surface area (Å²) >= 11 is 1.43. The van der Waals surface area contributed by atoms with Gasteiger partial charge in [0.15, 0.2) is 5.78 Å². The molecule has 2 N–H and O–H groups in total. The van der Waals surface area contributed by atoms with Crippen molar-refractivity contribution in [1.29, 1.82) is 0 Å². The number of hydrogen-bond acceptors (Lipinski definition) is 4. The number of ketones is 1. The predicted octanol–water partition coefficient (Wildman–Crippen LogP) is 3.88. The molecule has 0 radical (unpaired) electrons. The molecule has 1 aliphatic rings. The number of primary amides is 1. The molecule has 29 heavy (non-hydrogen) atoms. The normalized spacial score (nSPS) is 17.9. The van der Waals surface area contributed by atoms with Gasteiger partial charge in [-0.05, 0) is 48.4 Å². The Labute approximate surface area is 170 Å². The highest BCUT2D eigenvalue weighted by molar-refractivity contribution is 7.15. The minimum absolute atomic E-state index is 0.274. The van der Waals surface area contributed by atoms with E-state index in [2.05, 4.69) is 4.98 Å². The first kappa shape index (κ1) is 19.4. The van der Waals surface area contributed by atoms with E-state index in [9.17, 15) is 18.4 Å². The Kier molecular flexibility index (Phi) is 4.78. The lowest BCUT2D eigenvalue weighted by molar-refractivity contribution is -0.129. The lowest BCUT2D eigenvalue weighted by Gasteiger charge is -2.29. The molecule has 2 aromatic carbocycles. The van der Waals surface area contributed by atoms with Gasteiger partial charge in [-0.25, -0.2) is 13.8 Å². The molecule has 4 rings (SSSR count). The average Bonchev–Trinajstić information content (AvgIpc) is 3.21. The van der Waals surface area contributed by atoms with E-state index in [1.807, 2.05) is 0 Å². The van der Waals surface area contributed by atoms with Crippen molar-refractivity contribution < 1.29 is 18.4 Å². The van der Waals surface area contributed by atoms with E-state index in [1.165, 1.54) is 29.5 Å². The number of carbonyl (C=O) groups is 2. The third-order valence-corrected chi connectivity index (χ3v) is 6.60. The van der Waals surface area contributed by atoms with Gasteiger partial charge in [0.05, 0.1) is 17.5 Å². The third-order valence-electron chi connectivity index (χ3n) is 5.45. The summed E-state index contributed by atoms with van der Waals surface area (Å²) < 4.78 is 27.4. The van der Waals surface area contributed by atoms with Crippen LogP contribution in [0.3, 0.4) is 0 Å². The molecule has 0 bridgehead atoms. The summed E-state index contributed by atoms with van der Waals surface area (Å²) in [5.41, 5.74) is 6.72. The maximum Gasteiger partial charge on any atom is 0.224 e. The highest BCUT2D eigenvalue weighted by Crippen LogP contribution is 2.46. The standard InChI is InChI=1S/C22H18F2N2O2S/c1-12-15(3-2-4-16(12)24)22(19(27)9-20(25)28)10-17-18(11-22)29-21(26-17)13-5-7-14(23)8-6-13/h2-8H,9-11H2,1H3,(H2,25,28)/t22-/m0/s1. The first-order valence-corrected chi connectivity index (χ1v) is 9.93. The molecule has 7 heteroatoms.